The average Bonchev–Trinajstić information content (AvgIpc) is 2.35. The van der Waals surface area contributed by atoms with Crippen molar-refractivity contribution in [3.05, 3.63) is 22.8 Å². The summed E-state index contributed by atoms with van der Waals surface area (Å²) in [6.45, 7) is 8.44. The van der Waals surface area contributed by atoms with Crippen LogP contribution in [0.15, 0.2) is 6.07 Å². The van der Waals surface area contributed by atoms with E-state index in [0.717, 1.165) is 28.2 Å². The molecule has 0 atom stereocenters. The molecular formula is C15H24O3. The normalized spacial score (nSPS) is 11.2. The molecule has 0 aliphatic rings. The fraction of sp³-hybridized carbons (Fsp3) is 0.600. The monoisotopic (exact) mass is 252 g/mol. The second-order valence-electron chi connectivity index (χ2n) is 5.07. The minimum Gasteiger partial charge on any atom is -0.496 e. The van der Waals surface area contributed by atoms with Gasteiger partial charge in [0.25, 0.3) is 0 Å². The highest BCUT2D eigenvalue weighted by Crippen LogP contribution is 2.42. The lowest BCUT2D eigenvalue weighted by atomic mass is 9.89. The molecule has 0 amide bonds. The molecule has 0 heterocycles. The number of hydrogen-bond acceptors (Lipinski definition) is 3. The largest absolute Gasteiger partial charge is 0.496 e. The van der Waals surface area contributed by atoms with Gasteiger partial charge in [0.1, 0.15) is 11.5 Å². The van der Waals surface area contributed by atoms with Gasteiger partial charge in [0.05, 0.1) is 20.8 Å². The third kappa shape index (κ3) is 2.61. The van der Waals surface area contributed by atoms with E-state index in [2.05, 4.69) is 27.7 Å². The molecule has 102 valence electrons. The first kappa shape index (κ1) is 14.8. The second-order valence-corrected chi connectivity index (χ2v) is 5.07. The standard InChI is InChI=1S/C15H24O3/c1-9(2)13-11(8-16)7-12(17-5)14(10(3)4)15(13)18-6/h7,9-10,16H,8H2,1-6H3. The van der Waals surface area contributed by atoms with E-state index >= 15 is 0 Å². The van der Waals surface area contributed by atoms with E-state index in [9.17, 15) is 5.11 Å². The van der Waals surface area contributed by atoms with E-state index in [0.29, 0.717) is 11.8 Å². The van der Waals surface area contributed by atoms with Gasteiger partial charge in [-0.1, -0.05) is 27.7 Å². The van der Waals surface area contributed by atoms with E-state index in [4.69, 9.17) is 9.47 Å². The number of rotatable bonds is 5. The maximum Gasteiger partial charge on any atom is 0.129 e. The van der Waals surface area contributed by atoms with Crippen LogP contribution in [0.4, 0.5) is 0 Å². The van der Waals surface area contributed by atoms with Crippen LogP contribution in [0.5, 0.6) is 11.5 Å². The SMILES string of the molecule is COc1cc(CO)c(C(C)C)c(OC)c1C(C)C. The van der Waals surface area contributed by atoms with Gasteiger partial charge in [-0.25, -0.2) is 0 Å². The molecule has 18 heavy (non-hydrogen) atoms. The van der Waals surface area contributed by atoms with Crippen LogP contribution >= 0.6 is 0 Å². The Morgan fingerprint density at radius 1 is 1.00 bits per heavy atom. The summed E-state index contributed by atoms with van der Waals surface area (Å²) in [5.41, 5.74) is 3.02. The van der Waals surface area contributed by atoms with Gasteiger partial charge in [-0.15, -0.1) is 0 Å². The Morgan fingerprint density at radius 2 is 1.56 bits per heavy atom. The highest BCUT2D eigenvalue weighted by atomic mass is 16.5. The van der Waals surface area contributed by atoms with Gasteiger partial charge in [0.15, 0.2) is 0 Å². The molecule has 1 rings (SSSR count). The van der Waals surface area contributed by atoms with Crippen molar-refractivity contribution in [1.29, 1.82) is 0 Å². The van der Waals surface area contributed by atoms with E-state index in [1.807, 2.05) is 6.07 Å². The van der Waals surface area contributed by atoms with Crippen molar-refractivity contribution in [3.8, 4) is 11.5 Å². The van der Waals surface area contributed by atoms with Crippen LogP contribution in [0.25, 0.3) is 0 Å². The number of aliphatic hydroxyl groups is 1. The Bertz CT molecular complexity index is 374. The maximum absolute atomic E-state index is 9.53. The quantitative estimate of drug-likeness (QED) is 0.872. The fourth-order valence-corrected chi connectivity index (χ4v) is 2.42. The van der Waals surface area contributed by atoms with Crippen LogP contribution in [0.3, 0.4) is 0 Å². The van der Waals surface area contributed by atoms with Crippen molar-refractivity contribution in [2.24, 2.45) is 0 Å². The predicted octanol–water partition coefficient (Wildman–Crippen LogP) is 3.44. The van der Waals surface area contributed by atoms with Crippen LogP contribution < -0.4 is 9.47 Å². The molecular weight excluding hydrogens is 228 g/mol. The summed E-state index contributed by atoms with van der Waals surface area (Å²) in [6.07, 6.45) is 0. The van der Waals surface area contributed by atoms with Gasteiger partial charge in [-0.05, 0) is 23.5 Å². The molecule has 0 saturated heterocycles. The van der Waals surface area contributed by atoms with Gasteiger partial charge >= 0.3 is 0 Å². The van der Waals surface area contributed by atoms with Crippen molar-refractivity contribution in [1.82, 2.24) is 0 Å². The van der Waals surface area contributed by atoms with E-state index in [1.54, 1.807) is 14.2 Å². The molecule has 0 unspecified atom stereocenters. The molecule has 0 radical (unpaired) electrons. The lowest BCUT2D eigenvalue weighted by Gasteiger charge is -2.23. The Hall–Kier alpha value is -1.22. The van der Waals surface area contributed by atoms with Crippen LogP contribution in [0.1, 0.15) is 56.2 Å². The van der Waals surface area contributed by atoms with Gasteiger partial charge in [-0.3, -0.25) is 0 Å². The topological polar surface area (TPSA) is 38.7 Å². The van der Waals surface area contributed by atoms with E-state index in [-0.39, 0.29) is 6.61 Å². The smallest absolute Gasteiger partial charge is 0.129 e. The molecule has 3 nitrogen and oxygen atoms in total. The Morgan fingerprint density at radius 3 is 1.89 bits per heavy atom. The second kappa shape index (κ2) is 6.10. The third-order valence-corrected chi connectivity index (χ3v) is 3.16. The summed E-state index contributed by atoms with van der Waals surface area (Å²) in [5, 5.41) is 9.53. The Balaban J connectivity index is 3.64. The highest BCUT2D eigenvalue weighted by Gasteiger charge is 2.22. The minimum absolute atomic E-state index is 0.00138. The van der Waals surface area contributed by atoms with E-state index < -0.39 is 0 Å². The van der Waals surface area contributed by atoms with Crippen LogP contribution in [0.2, 0.25) is 0 Å². The molecule has 3 heteroatoms. The summed E-state index contributed by atoms with van der Waals surface area (Å²) in [4.78, 5) is 0. The molecule has 1 aromatic carbocycles. The minimum atomic E-state index is -0.00138. The van der Waals surface area contributed by atoms with Gasteiger partial charge in [-0.2, -0.15) is 0 Å². The number of hydrogen-bond donors (Lipinski definition) is 1. The van der Waals surface area contributed by atoms with Gasteiger partial charge in [0.2, 0.25) is 0 Å². The molecule has 0 fully saturated rings. The maximum atomic E-state index is 9.53. The van der Waals surface area contributed by atoms with Crippen LogP contribution in [-0.4, -0.2) is 19.3 Å². The highest BCUT2D eigenvalue weighted by molar-refractivity contribution is 5.56. The van der Waals surface area contributed by atoms with Crippen LogP contribution in [0, 0.1) is 0 Å². The Kier molecular flexibility index (Phi) is 5.03. The number of benzene rings is 1. The third-order valence-electron chi connectivity index (χ3n) is 3.16. The molecule has 0 aromatic heterocycles. The first-order valence-electron chi connectivity index (χ1n) is 6.36. The summed E-state index contributed by atoms with van der Waals surface area (Å²) in [7, 11) is 3.32. The summed E-state index contributed by atoms with van der Waals surface area (Å²) in [5.74, 6) is 2.24. The summed E-state index contributed by atoms with van der Waals surface area (Å²) < 4.78 is 11.0. The lowest BCUT2D eigenvalue weighted by molar-refractivity contribution is 0.277. The van der Waals surface area contributed by atoms with Gasteiger partial charge in [0, 0.05) is 11.1 Å². The number of ether oxygens (including phenoxy) is 2. The summed E-state index contributed by atoms with van der Waals surface area (Å²) in [6, 6.07) is 1.92. The fourth-order valence-electron chi connectivity index (χ4n) is 2.42. The zero-order valence-electron chi connectivity index (χ0n) is 12.2. The lowest BCUT2D eigenvalue weighted by Crippen LogP contribution is -2.07. The molecule has 0 aliphatic heterocycles. The predicted molar refractivity (Wildman–Crippen MR) is 73.6 cm³/mol. The van der Waals surface area contributed by atoms with Crippen molar-refractivity contribution in [3.63, 3.8) is 0 Å². The van der Waals surface area contributed by atoms with E-state index in [1.165, 1.54) is 0 Å². The molecule has 0 aliphatic carbocycles. The average molecular weight is 252 g/mol. The molecule has 0 saturated carbocycles. The first-order chi connectivity index (χ1) is 8.47. The van der Waals surface area contributed by atoms with Crippen LogP contribution in [-0.2, 0) is 6.61 Å². The Labute approximate surface area is 110 Å². The molecule has 1 aromatic rings. The molecule has 1 N–H and O–H groups in total. The van der Waals surface area contributed by atoms with Crippen molar-refractivity contribution >= 4 is 0 Å². The summed E-state index contributed by atoms with van der Waals surface area (Å²) >= 11 is 0. The molecule has 0 bridgehead atoms. The zero-order chi connectivity index (χ0) is 13.9. The first-order valence-corrected chi connectivity index (χ1v) is 6.36. The molecule has 0 spiro atoms. The zero-order valence-corrected chi connectivity index (χ0v) is 12.2. The van der Waals surface area contributed by atoms with Crippen molar-refractivity contribution < 1.29 is 14.6 Å². The number of methoxy groups -OCH3 is 2. The van der Waals surface area contributed by atoms with Crippen molar-refractivity contribution in [2.45, 2.75) is 46.1 Å². The van der Waals surface area contributed by atoms with Gasteiger partial charge < -0.3 is 14.6 Å². The van der Waals surface area contributed by atoms with Crippen molar-refractivity contribution in [2.75, 3.05) is 14.2 Å². The number of aliphatic hydroxyl groups excluding tert-OH is 1.